The topological polar surface area (TPSA) is 43.4 Å². The van der Waals surface area contributed by atoms with Crippen LogP contribution >= 0.6 is 15.9 Å². The van der Waals surface area contributed by atoms with Crippen molar-refractivity contribution in [2.24, 2.45) is 0 Å². The lowest BCUT2D eigenvalue weighted by Gasteiger charge is -2.03. The minimum atomic E-state index is -0.347. The minimum Gasteiger partial charge on any atom is -0.469 e. The molecule has 0 aliphatic rings. The van der Waals surface area contributed by atoms with Crippen molar-refractivity contribution in [2.75, 3.05) is 12.4 Å². The largest absolute Gasteiger partial charge is 0.469 e. The number of alkyl halides is 1. The van der Waals surface area contributed by atoms with Crippen molar-refractivity contribution >= 4 is 27.7 Å². The normalized spacial score (nSPS) is 10.2. The van der Waals surface area contributed by atoms with Gasteiger partial charge in [0.25, 0.3) is 0 Å². The molecule has 1 aromatic carbocycles. The highest BCUT2D eigenvalue weighted by molar-refractivity contribution is 9.09. The summed E-state index contributed by atoms with van der Waals surface area (Å²) in [6.07, 6.45) is 3.67. The van der Waals surface area contributed by atoms with Crippen molar-refractivity contribution in [3.05, 3.63) is 35.4 Å². The average molecular weight is 327 g/mol. The first-order chi connectivity index (χ1) is 9.17. The van der Waals surface area contributed by atoms with Crippen LogP contribution in [0.1, 0.15) is 41.6 Å². The molecule has 0 aliphatic heterocycles. The number of unbranched alkanes of at least 4 members (excludes halogenated alkanes) is 1. The van der Waals surface area contributed by atoms with Gasteiger partial charge in [0.05, 0.1) is 13.5 Å². The third-order valence-electron chi connectivity index (χ3n) is 2.91. The summed E-state index contributed by atoms with van der Waals surface area (Å²) in [7, 11) is 1.33. The molecular formula is C15H19BrO3. The van der Waals surface area contributed by atoms with E-state index < -0.39 is 0 Å². The Bertz CT molecular complexity index is 412. The van der Waals surface area contributed by atoms with E-state index >= 15 is 0 Å². The standard InChI is InChI=1S/C15H19BrO3/c1-19-15(18)10-9-14(17)13-7-5-12(6-8-13)4-2-3-11-16/h5-8H,2-4,9-11H2,1H3. The van der Waals surface area contributed by atoms with E-state index in [0.29, 0.717) is 5.56 Å². The number of carbonyl (C=O) groups is 2. The molecule has 0 amide bonds. The van der Waals surface area contributed by atoms with Gasteiger partial charge in [-0.15, -0.1) is 0 Å². The number of aryl methyl sites for hydroxylation is 1. The summed E-state index contributed by atoms with van der Waals surface area (Å²) in [5, 5.41) is 1.02. The summed E-state index contributed by atoms with van der Waals surface area (Å²) < 4.78 is 4.52. The predicted octanol–water partition coefficient (Wildman–Crippen LogP) is 3.54. The molecule has 0 heterocycles. The fourth-order valence-corrected chi connectivity index (χ4v) is 2.14. The number of benzene rings is 1. The molecule has 0 atom stereocenters. The maximum absolute atomic E-state index is 11.8. The smallest absolute Gasteiger partial charge is 0.305 e. The molecule has 0 aromatic heterocycles. The Hall–Kier alpha value is -1.16. The van der Waals surface area contributed by atoms with Crippen LogP contribution in [-0.2, 0) is 16.0 Å². The van der Waals surface area contributed by atoms with E-state index in [0.717, 1.165) is 24.6 Å². The van der Waals surface area contributed by atoms with Gasteiger partial charge < -0.3 is 4.74 Å². The highest BCUT2D eigenvalue weighted by atomic mass is 79.9. The predicted molar refractivity (Wildman–Crippen MR) is 78.8 cm³/mol. The lowest BCUT2D eigenvalue weighted by Crippen LogP contribution is -2.06. The number of esters is 1. The van der Waals surface area contributed by atoms with Crippen LogP contribution in [0, 0.1) is 0 Å². The first-order valence-corrected chi connectivity index (χ1v) is 7.54. The number of hydrogen-bond donors (Lipinski definition) is 0. The van der Waals surface area contributed by atoms with Crippen molar-refractivity contribution < 1.29 is 14.3 Å². The van der Waals surface area contributed by atoms with Crippen LogP contribution in [-0.4, -0.2) is 24.2 Å². The molecular weight excluding hydrogens is 308 g/mol. The molecule has 0 fully saturated rings. The Morgan fingerprint density at radius 1 is 1.11 bits per heavy atom. The maximum Gasteiger partial charge on any atom is 0.305 e. The molecule has 0 radical (unpaired) electrons. The van der Waals surface area contributed by atoms with Crippen LogP contribution in [0.15, 0.2) is 24.3 Å². The summed E-state index contributed by atoms with van der Waals surface area (Å²) >= 11 is 3.41. The molecule has 104 valence electrons. The summed E-state index contributed by atoms with van der Waals surface area (Å²) in [5.41, 5.74) is 1.90. The first kappa shape index (κ1) is 15.9. The van der Waals surface area contributed by atoms with Crippen molar-refractivity contribution in [1.29, 1.82) is 0 Å². The van der Waals surface area contributed by atoms with Gasteiger partial charge in [0, 0.05) is 17.3 Å². The third kappa shape index (κ3) is 6.01. The lowest BCUT2D eigenvalue weighted by atomic mass is 10.0. The maximum atomic E-state index is 11.8. The molecule has 1 aromatic rings. The lowest BCUT2D eigenvalue weighted by molar-refractivity contribution is -0.140. The highest BCUT2D eigenvalue weighted by Crippen LogP contribution is 2.11. The molecule has 0 aliphatic carbocycles. The number of Topliss-reactive ketones (excluding diaryl/α,β-unsaturated/α-hetero) is 1. The Kier molecular flexibility index (Phi) is 7.41. The molecule has 0 saturated carbocycles. The number of halogens is 1. The molecule has 19 heavy (non-hydrogen) atoms. The fourth-order valence-electron chi connectivity index (χ4n) is 1.74. The average Bonchev–Trinajstić information content (AvgIpc) is 2.45. The minimum absolute atomic E-state index is 0.0163. The fraction of sp³-hybridized carbons (Fsp3) is 0.467. The zero-order valence-corrected chi connectivity index (χ0v) is 12.7. The molecule has 4 heteroatoms. The molecule has 0 saturated heterocycles. The van der Waals surface area contributed by atoms with E-state index in [1.54, 1.807) is 0 Å². The third-order valence-corrected chi connectivity index (χ3v) is 3.47. The Morgan fingerprint density at radius 2 is 1.79 bits per heavy atom. The van der Waals surface area contributed by atoms with E-state index in [1.807, 2.05) is 24.3 Å². The molecule has 0 spiro atoms. The second kappa shape index (κ2) is 8.86. The Morgan fingerprint density at radius 3 is 2.37 bits per heavy atom. The quantitative estimate of drug-likeness (QED) is 0.317. The van der Waals surface area contributed by atoms with Gasteiger partial charge >= 0.3 is 5.97 Å². The van der Waals surface area contributed by atoms with Gasteiger partial charge in [-0.05, 0) is 24.8 Å². The van der Waals surface area contributed by atoms with Gasteiger partial charge in [0.15, 0.2) is 5.78 Å². The second-order valence-electron chi connectivity index (χ2n) is 4.34. The van der Waals surface area contributed by atoms with Gasteiger partial charge in [-0.2, -0.15) is 0 Å². The summed E-state index contributed by atoms with van der Waals surface area (Å²) in [6.45, 7) is 0. The van der Waals surface area contributed by atoms with E-state index in [4.69, 9.17) is 0 Å². The van der Waals surface area contributed by atoms with Gasteiger partial charge in [-0.1, -0.05) is 40.2 Å². The Balaban J connectivity index is 2.46. The van der Waals surface area contributed by atoms with Gasteiger partial charge in [0.2, 0.25) is 0 Å². The molecule has 0 bridgehead atoms. The van der Waals surface area contributed by atoms with Crippen LogP contribution in [0.2, 0.25) is 0 Å². The highest BCUT2D eigenvalue weighted by Gasteiger charge is 2.09. The number of rotatable bonds is 8. The van der Waals surface area contributed by atoms with Crippen LogP contribution in [0.3, 0.4) is 0 Å². The molecule has 1 rings (SSSR count). The molecule has 0 unspecified atom stereocenters. The number of ketones is 1. The molecule has 3 nitrogen and oxygen atoms in total. The summed E-state index contributed by atoms with van der Waals surface area (Å²) in [6, 6.07) is 7.64. The van der Waals surface area contributed by atoms with Crippen molar-refractivity contribution in [1.82, 2.24) is 0 Å². The first-order valence-electron chi connectivity index (χ1n) is 6.42. The van der Waals surface area contributed by atoms with Gasteiger partial charge in [-0.25, -0.2) is 0 Å². The van der Waals surface area contributed by atoms with E-state index in [9.17, 15) is 9.59 Å². The summed E-state index contributed by atoms with van der Waals surface area (Å²) in [4.78, 5) is 22.8. The van der Waals surface area contributed by atoms with Crippen LogP contribution < -0.4 is 0 Å². The number of methoxy groups -OCH3 is 1. The van der Waals surface area contributed by atoms with Crippen LogP contribution in [0.5, 0.6) is 0 Å². The summed E-state index contributed by atoms with van der Waals surface area (Å²) in [5.74, 6) is -0.364. The SMILES string of the molecule is COC(=O)CCC(=O)c1ccc(CCCCBr)cc1. The van der Waals surface area contributed by atoms with Crippen molar-refractivity contribution in [3.63, 3.8) is 0 Å². The van der Waals surface area contributed by atoms with Crippen LogP contribution in [0.25, 0.3) is 0 Å². The van der Waals surface area contributed by atoms with E-state index in [-0.39, 0.29) is 24.6 Å². The van der Waals surface area contributed by atoms with E-state index in [1.165, 1.54) is 12.7 Å². The van der Waals surface area contributed by atoms with Gasteiger partial charge in [0.1, 0.15) is 0 Å². The Labute approximate surface area is 122 Å². The van der Waals surface area contributed by atoms with Gasteiger partial charge in [-0.3, -0.25) is 9.59 Å². The number of hydrogen-bond acceptors (Lipinski definition) is 3. The monoisotopic (exact) mass is 326 g/mol. The van der Waals surface area contributed by atoms with E-state index in [2.05, 4.69) is 20.7 Å². The zero-order chi connectivity index (χ0) is 14.1. The van der Waals surface area contributed by atoms with Crippen LogP contribution in [0.4, 0.5) is 0 Å². The number of ether oxygens (including phenoxy) is 1. The zero-order valence-electron chi connectivity index (χ0n) is 11.2. The molecule has 0 N–H and O–H groups in total. The second-order valence-corrected chi connectivity index (χ2v) is 5.14. The van der Waals surface area contributed by atoms with Crippen molar-refractivity contribution in [2.45, 2.75) is 32.1 Å². The number of carbonyl (C=O) groups excluding carboxylic acids is 2. The van der Waals surface area contributed by atoms with Crippen molar-refractivity contribution in [3.8, 4) is 0 Å².